The molecule has 1 aliphatic rings. The minimum Gasteiger partial charge on any atom is -0.363 e. The van der Waals surface area contributed by atoms with Crippen LogP contribution in [0.5, 0.6) is 0 Å². The Morgan fingerprint density at radius 3 is 2.08 bits per heavy atom. The Balaban J connectivity index is 2.41. The highest BCUT2D eigenvalue weighted by atomic mass is 16.2. The maximum absolute atomic E-state index is 11.2. The van der Waals surface area contributed by atoms with Crippen LogP contribution in [0.2, 0.25) is 0 Å². The molecule has 0 atom stereocenters. The summed E-state index contributed by atoms with van der Waals surface area (Å²) in [4.78, 5) is 21.8. The number of hydrogen-bond donors (Lipinski definition) is 2. The molecule has 74 valence electrons. The van der Waals surface area contributed by atoms with Crippen molar-refractivity contribution in [2.75, 3.05) is 6.54 Å². The van der Waals surface area contributed by atoms with Gasteiger partial charge in [-0.2, -0.15) is 0 Å². The first kappa shape index (κ1) is 10.2. The first-order valence-electron chi connectivity index (χ1n) is 4.69. The van der Waals surface area contributed by atoms with Crippen molar-refractivity contribution in [1.82, 2.24) is 0 Å². The molecule has 0 spiro atoms. The summed E-state index contributed by atoms with van der Waals surface area (Å²) in [6, 6.07) is 0. The van der Waals surface area contributed by atoms with E-state index in [1.54, 1.807) is 0 Å². The third-order valence-electron chi connectivity index (χ3n) is 2.79. The zero-order chi connectivity index (χ0) is 9.84. The first-order chi connectivity index (χ1) is 6.15. The Kier molecular flexibility index (Phi) is 3.42. The molecule has 4 heteroatoms. The molecule has 1 rings (SSSR count). The third-order valence-corrected chi connectivity index (χ3v) is 2.79. The first-order valence-corrected chi connectivity index (χ1v) is 4.69. The van der Waals surface area contributed by atoms with Gasteiger partial charge in [0.2, 0.25) is 5.78 Å². The Bertz CT molecular complexity index is 208. The van der Waals surface area contributed by atoms with Crippen molar-refractivity contribution < 1.29 is 9.59 Å². The summed E-state index contributed by atoms with van der Waals surface area (Å²) in [6.45, 7) is 0.678. The zero-order valence-corrected chi connectivity index (χ0v) is 7.66. The van der Waals surface area contributed by atoms with Gasteiger partial charge in [0.15, 0.2) is 0 Å². The Hall–Kier alpha value is -0.900. The summed E-state index contributed by atoms with van der Waals surface area (Å²) < 4.78 is 0. The Morgan fingerprint density at radius 2 is 1.69 bits per heavy atom. The second kappa shape index (κ2) is 4.37. The van der Waals surface area contributed by atoms with Crippen LogP contribution in [-0.2, 0) is 9.59 Å². The van der Waals surface area contributed by atoms with E-state index in [2.05, 4.69) is 0 Å². The van der Waals surface area contributed by atoms with Crippen molar-refractivity contribution in [3.05, 3.63) is 0 Å². The van der Waals surface area contributed by atoms with E-state index in [1.165, 1.54) is 0 Å². The van der Waals surface area contributed by atoms with Crippen LogP contribution in [0.15, 0.2) is 0 Å². The van der Waals surface area contributed by atoms with E-state index in [0.717, 1.165) is 25.7 Å². The molecule has 1 amide bonds. The highest BCUT2D eigenvalue weighted by Crippen LogP contribution is 2.28. The highest BCUT2D eigenvalue weighted by Gasteiger charge is 2.28. The monoisotopic (exact) mass is 184 g/mol. The molecule has 13 heavy (non-hydrogen) atoms. The van der Waals surface area contributed by atoms with Gasteiger partial charge < -0.3 is 11.5 Å². The van der Waals surface area contributed by atoms with E-state index in [9.17, 15) is 9.59 Å². The standard InChI is InChI=1S/C9H16N2O2/c10-5-6-1-3-7(4-2-6)8(12)9(11)13/h6-7H,1-5,10H2,(H2,11,13). The summed E-state index contributed by atoms with van der Waals surface area (Å²) in [5.41, 5.74) is 10.4. The summed E-state index contributed by atoms with van der Waals surface area (Å²) in [6.07, 6.45) is 3.42. The fourth-order valence-corrected chi connectivity index (χ4v) is 1.86. The van der Waals surface area contributed by atoms with Crippen LogP contribution in [0.1, 0.15) is 25.7 Å². The quantitative estimate of drug-likeness (QED) is 0.596. The van der Waals surface area contributed by atoms with Gasteiger partial charge in [-0.3, -0.25) is 9.59 Å². The fourth-order valence-electron chi connectivity index (χ4n) is 1.86. The van der Waals surface area contributed by atoms with Crippen LogP contribution in [-0.4, -0.2) is 18.2 Å². The molecule has 0 unspecified atom stereocenters. The molecule has 1 fully saturated rings. The Labute approximate surface area is 77.7 Å². The van der Waals surface area contributed by atoms with Crippen molar-refractivity contribution in [2.24, 2.45) is 23.3 Å². The van der Waals surface area contributed by atoms with Gasteiger partial charge in [0, 0.05) is 5.92 Å². The predicted octanol–water partition coefficient (Wildman–Crippen LogP) is -0.194. The topological polar surface area (TPSA) is 86.2 Å². The lowest BCUT2D eigenvalue weighted by Crippen LogP contribution is -2.33. The van der Waals surface area contributed by atoms with Gasteiger partial charge in [-0.1, -0.05) is 0 Å². The van der Waals surface area contributed by atoms with Crippen molar-refractivity contribution in [1.29, 1.82) is 0 Å². The van der Waals surface area contributed by atoms with E-state index in [0.29, 0.717) is 12.5 Å². The number of rotatable bonds is 3. The molecule has 1 saturated carbocycles. The zero-order valence-electron chi connectivity index (χ0n) is 7.66. The Morgan fingerprint density at radius 1 is 1.15 bits per heavy atom. The van der Waals surface area contributed by atoms with Crippen molar-refractivity contribution in [2.45, 2.75) is 25.7 Å². The van der Waals surface area contributed by atoms with E-state index in [4.69, 9.17) is 11.5 Å². The average Bonchev–Trinajstić information content (AvgIpc) is 2.17. The largest absolute Gasteiger partial charge is 0.363 e. The molecule has 0 bridgehead atoms. The third kappa shape index (κ3) is 2.52. The second-order valence-electron chi connectivity index (χ2n) is 3.68. The van der Waals surface area contributed by atoms with Crippen LogP contribution in [0.4, 0.5) is 0 Å². The summed E-state index contributed by atoms with van der Waals surface area (Å²) in [5, 5.41) is 0. The number of hydrogen-bond acceptors (Lipinski definition) is 3. The van der Waals surface area contributed by atoms with E-state index >= 15 is 0 Å². The lowest BCUT2D eigenvalue weighted by molar-refractivity contribution is -0.139. The minimum absolute atomic E-state index is 0.139. The smallest absolute Gasteiger partial charge is 0.285 e. The molecule has 4 nitrogen and oxygen atoms in total. The van der Waals surface area contributed by atoms with Gasteiger partial charge in [-0.25, -0.2) is 0 Å². The molecule has 1 aliphatic carbocycles. The van der Waals surface area contributed by atoms with Gasteiger partial charge in [-0.05, 0) is 38.1 Å². The van der Waals surface area contributed by atoms with Gasteiger partial charge in [0.05, 0.1) is 0 Å². The van der Waals surface area contributed by atoms with Crippen LogP contribution in [0.3, 0.4) is 0 Å². The van der Waals surface area contributed by atoms with Crippen molar-refractivity contribution in [3.63, 3.8) is 0 Å². The fraction of sp³-hybridized carbons (Fsp3) is 0.778. The van der Waals surface area contributed by atoms with Gasteiger partial charge in [0.1, 0.15) is 0 Å². The van der Waals surface area contributed by atoms with Crippen LogP contribution < -0.4 is 11.5 Å². The molecule has 4 N–H and O–H groups in total. The van der Waals surface area contributed by atoms with Gasteiger partial charge >= 0.3 is 0 Å². The lowest BCUT2D eigenvalue weighted by atomic mass is 9.80. The normalized spacial score (nSPS) is 28.4. The number of amides is 1. The van der Waals surface area contributed by atoms with Crippen molar-refractivity contribution in [3.8, 4) is 0 Å². The molecule has 0 heterocycles. The van der Waals surface area contributed by atoms with E-state index < -0.39 is 11.7 Å². The van der Waals surface area contributed by atoms with Gasteiger partial charge in [0.25, 0.3) is 5.91 Å². The molecule has 0 aliphatic heterocycles. The molecule has 0 aromatic rings. The molecule has 0 radical (unpaired) electrons. The SMILES string of the molecule is NCC1CCC(C(=O)C(N)=O)CC1. The predicted molar refractivity (Wildman–Crippen MR) is 48.7 cm³/mol. The van der Waals surface area contributed by atoms with Crippen molar-refractivity contribution >= 4 is 11.7 Å². The van der Waals surface area contributed by atoms with E-state index in [1.807, 2.05) is 0 Å². The van der Waals surface area contributed by atoms with Gasteiger partial charge in [-0.15, -0.1) is 0 Å². The van der Waals surface area contributed by atoms with Crippen LogP contribution in [0.25, 0.3) is 0 Å². The maximum atomic E-state index is 11.2. The second-order valence-corrected chi connectivity index (χ2v) is 3.68. The van der Waals surface area contributed by atoms with Crippen LogP contribution in [0, 0.1) is 11.8 Å². The molecular weight excluding hydrogens is 168 g/mol. The molecule has 0 saturated heterocycles. The average molecular weight is 184 g/mol. The number of carbonyl (C=O) groups is 2. The summed E-state index contributed by atoms with van der Waals surface area (Å²) in [7, 11) is 0. The summed E-state index contributed by atoms with van der Waals surface area (Å²) in [5.74, 6) is -0.816. The summed E-state index contributed by atoms with van der Waals surface area (Å²) >= 11 is 0. The molecular formula is C9H16N2O2. The highest BCUT2D eigenvalue weighted by molar-refractivity contribution is 6.36. The molecule has 0 aromatic heterocycles. The number of Topliss-reactive ketones (excluding diaryl/α,β-unsaturated/α-hetero) is 1. The number of carbonyl (C=O) groups excluding carboxylic acids is 2. The van der Waals surface area contributed by atoms with E-state index in [-0.39, 0.29) is 5.92 Å². The number of ketones is 1. The van der Waals surface area contributed by atoms with Crippen LogP contribution >= 0.6 is 0 Å². The maximum Gasteiger partial charge on any atom is 0.285 e. The minimum atomic E-state index is -0.795. The lowest BCUT2D eigenvalue weighted by Gasteiger charge is -2.25. The number of primary amides is 1. The molecule has 0 aromatic carbocycles. The number of nitrogens with two attached hydrogens (primary N) is 2.